The molecule has 1 aromatic heterocycles. The maximum Gasteiger partial charge on any atom is 0.419 e. The summed E-state index contributed by atoms with van der Waals surface area (Å²) in [6.07, 6.45) is -3.21. The maximum absolute atomic E-state index is 13.2. The number of benzene rings is 1. The number of hydrogen-bond acceptors (Lipinski definition) is 2. The fourth-order valence-corrected chi connectivity index (χ4v) is 2.07. The topological polar surface area (TPSA) is 24.9 Å². The van der Waals surface area contributed by atoms with E-state index in [1.54, 1.807) is 13.0 Å². The van der Waals surface area contributed by atoms with E-state index >= 15 is 0 Å². The fourth-order valence-electron chi connectivity index (χ4n) is 1.63. The molecule has 1 aromatic carbocycles. The monoisotopic (exact) mass is 348 g/mol. The van der Waals surface area contributed by atoms with E-state index in [2.05, 4.69) is 26.2 Å². The second-order valence-electron chi connectivity index (χ2n) is 4.14. The Morgan fingerprint density at radius 2 is 1.90 bits per heavy atom. The summed E-state index contributed by atoms with van der Waals surface area (Å²) in [6.45, 7) is 1.76. The minimum atomic E-state index is -4.73. The average molecular weight is 349 g/mol. The lowest BCUT2D eigenvalue weighted by atomic mass is 10.1. The molecule has 2 nitrogen and oxygen atoms in total. The number of halogens is 5. The zero-order valence-electron chi connectivity index (χ0n) is 10.2. The molecule has 7 heteroatoms. The van der Waals surface area contributed by atoms with E-state index in [1.165, 1.54) is 12.3 Å². The highest BCUT2D eigenvalue weighted by Crippen LogP contribution is 2.33. The Balaban J connectivity index is 2.35. The van der Waals surface area contributed by atoms with Crippen molar-refractivity contribution in [3.63, 3.8) is 0 Å². The molecule has 20 heavy (non-hydrogen) atoms. The molecule has 0 amide bonds. The molecule has 0 aliphatic heterocycles. The van der Waals surface area contributed by atoms with Crippen molar-refractivity contribution in [3.05, 3.63) is 51.9 Å². The van der Waals surface area contributed by atoms with Crippen LogP contribution in [0.3, 0.4) is 0 Å². The van der Waals surface area contributed by atoms with Gasteiger partial charge in [-0.25, -0.2) is 9.37 Å². The first kappa shape index (κ1) is 14.8. The number of nitrogens with one attached hydrogen (secondary N) is 1. The van der Waals surface area contributed by atoms with Crippen LogP contribution in [0, 0.1) is 12.7 Å². The molecule has 0 aliphatic rings. The number of aromatic nitrogens is 1. The van der Waals surface area contributed by atoms with E-state index < -0.39 is 17.6 Å². The first-order valence-corrected chi connectivity index (χ1v) is 6.32. The molecule has 0 saturated heterocycles. The Morgan fingerprint density at radius 3 is 2.50 bits per heavy atom. The summed E-state index contributed by atoms with van der Waals surface area (Å²) in [7, 11) is 0. The van der Waals surface area contributed by atoms with E-state index in [1.807, 2.05) is 0 Å². The molecule has 0 saturated carbocycles. The summed E-state index contributed by atoms with van der Waals surface area (Å²) in [4.78, 5) is 4.05. The lowest BCUT2D eigenvalue weighted by molar-refractivity contribution is -0.139. The minimum Gasteiger partial charge on any atom is -0.340 e. The van der Waals surface area contributed by atoms with Crippen LogP contribution in [0.2, 0.25) is 0 Å². The van der Waals surface area contributed by atoms with E-state index in [9.17, 15) is 17.6 Å². The van der Waals surface area contributed by atoms with Crippen molar-refractivity contribution in [2.75, 3.05) is 5.32 Å². The second kappa shape index (κ2) is 5.40. The quantitative estimate of drug-likeness (QED) is 0.767. The first-order valence-electron chi connectivity index (χ1n) is 5.53. The summed E-state index contributed by atoms with van der Waals surface area (Å²) >= 11 is 3.24. The van der Waals surface area contributed by atoms with Crippen molar-refractivity contribution < 1.29 is 17.6 Å². The van der Waals surface area contributed by atoms with Crippen molar-refractivity contribution in [1.82, 2.24) is 4.98 Å². The van der Waals surface area contributed by atoms with Crippen LogP contribution >= 0.6 is 15.9 Å². The van der Waals surface area contributed by atoms with Crippen LogP contribution in [0.25, 0.3) is 0 Å². The number of pyridine rings is 1. The highest BCUT2D eigenvalue weighted by molar-refractivity contribution is 9.10. The van der Waals surface area contributed by atoms with Crippen LogP contribution < -0.4 is 5.32 Å². The zero-order chi connectivity index (χ0) is 14.9. The summed E-state index contributed by atoms with van der Waals surface area (Å²) < 4.78 is 51.8. The van der Waals surface area contributed by atoms with E-state index in [4.69, 9.17) is 0 Å². The number of aryl methyl sites for hydroxylation is 1. The van der Waals surface area contributed by atoms with Gasteiger partial charge in [0.1, 0.15) is 11.6 Å². The highest BCUT2D eigenvalue weighted by atomic mass is 79.9. The maximum atomic E-state index is 13.2. The van der Waals surface area contributed by atoms with Crippen molar-refractivity contribution in [3.8, 4) is 0 Å². The molecular formula is C13H9BrF4N2. The molecule has 0 unspecified atom stereocenters. The molecule has 2 aromatic rings. The van der Waals surface area contributed by atoms with Gasteiger partial charge >= 0.3 is 6.18 Å². The Morgan fingerprint density at radius 1 is 1.20 bits per heavy atom. The lowest BCUT2D eigenvalue weighted by Gasteiger charge is -2.12. The number of nitrogens with zero attached hydrogens (tertiary/aromatic N) is 1. The second-order valence-corrected chi connectivity index (χ2v) is 5.05. The normalized spacial score (nSPS) is 11.5. The highest BCUT2D eigenvalue weighted by Gasteiger charge is 2.34. The van der Waals surface area contributed by atoms with Gasteiger partial charge in [-0.05, 0) is 52.7 Å². The largest absolute Gasteiger partial charge is 0.419 e. The van der Waals surface area contributed by atoms with Gasteiger partial charge in [0.25, 0.3) is 0 Å². The molecule has 0 bridgehead atoms. The van der Waals surface area contributed by atoms with Crippen LogP contribution in [0.5, 0.6) is 0 Å². The number of hydrogen-bond donors (Lipinski definition) is 1. The summed E-state index contributed by atoms with van der Waals surface area (Å²) in [5, 5.41) is 2.74. The van der Waals surface area contributed by atoms with Gasteiger partial charge in [-0.15, -0.1) is 0 Å². The number of rotatable bonds is 2. The molecule has 0 aliphatic carbocycles. The number of alkyl halides is 3. The first-order chi connectivity index (χ1) is 9.27. The van der Waals surface area contributed by atoms with Gasteiger partial charge in [-0.2, -0.15) is 13.2 Å². The standard InChI is InChI=1S/C13H9BrF4N2/c1-7-4-8(14)6-19-12(7)20-9-2-3-11(15)10(5-9)13(16,17)18/h2-6H,1H3,(H,19,20). The van der Waals surface area contributed by atoms with Crippen LogP contribution in [-0.4, -0.2) is 4.98 Å². The molecule has 0 radical (unpaired) electrons. The average Bonchev–Trinajstić information content (AvgIpc) is 2.33. The molecule has 0 spiro atoms. The van der Waals surface area contributed by atoms with E-state index in [0.717, 1.165) is 22.2 Å². The Labute approximate surface area is 121 Å². The van der Waals surface area contributed by atoms with Crippen LogP contribution in [0.15, 0.2) is 34.9 Å². The van der Waals surface area contributed by atoms with Gasteiger partial charge in [0.05, 0.1) is 5.56 Å². The van der Waals surface area contributed by atoms with E-state index in [-0.39, 0.29) is 5.69 Å². The third-order valence-electron chi connectivity index (χ3n) is 2.58. The van der Waals surface area contributed by atoms with Crippen LogP contribution in [0.1, 0.15) is 11.1 Å². The lowest BCUT2D eigenvalue weighted by Crippen LogP contribution is -2.09. The summed E-state index contributed by atoms with van der Waals surface area (Å²) in [5.74, 6) is -0.892. The van der Waals surface area contributed by atoms with Gasteiger partial charge in [0.15, 0.2) is 0 Å². The molecule has 0 fully saturated rings. The SMILES string of the molecule is Cc1cc(Br)cnc1Nc1ccc(F)c(C(F)(F)F)c1. The van der Waals surface area contributed by atoms with Crippen molar-refractivity contribution in [1.29, 1.82) is 0 Å². The van der Waals surface area contributed by atoms with Crippen molar-refractivity contribution >= 4 is 27.4 Å². The summed E-state index contributed by atoms with van der Waals surface area (Å²) in [6, 6.07) is 4.50. The number of anilines is 2. The van der Waals surface area contributed by atoms with Gasteiger partial charge in [0.2, 0.25) is 0 Å². The molecule has 0 atom stereocenters. The minimum absolute atomic E-state index is 0.122. The van der Waals surface area contributed by atoms with Gasteiger partial charge in [-0.3, -0.25) is 0 Å². The van der Waals surface area contributed by atoms with Crippen LogP contribution in [-0.2, 0) is 6.18 Å². The van der Waals surface area contributed by atoms with Crippen LogP contribution in [0.4, 0.5) is 29.1 Å². The molecule has 2 rings (SSSR count). The Hall–Kier alpha value is -1.63. The third kappa shape index (κ3) is 3.27. The molecule has 1 N–H and O–H groups in total. The molecular weight excluding hydrogens is 340 g/mol. The van der Waals surface area contributed by atoms with Gasteiger partial charge < -0.3 is 5.32 Å². The Bertz CT molecular complexity index is 641. The van der Waals surface area contributed by atoms with Gasteiger partial charge in [0, 0.05) is 16.4 Å². The third-order valence-corrected chi connectivity index (χ3v) is 3.01. The predicted molar refractivity (Wildman–Crippen MR) is 71.4 cm³/mol. The van der Waals surface area contributed by atoms with E-state index in [0.29, 0.717) is 5.82 Å². The molecule has 1 heterocycles. The predicted octanol–water partition coefficient (Wildman–Crippen LogP) is 5.05. The van der Waals surface area contributed by atoms with Crippen molar-refractivity contribution in [2.45, 2.75) is 13.1 Å². The zero-order valence-corrected chi connectivity index (χ0v) is 11.8. The Kier molecular flexibility index (Phi) is 3.99. The smallest absolute Gasteiger partial charge is 0.340 e. The summed E-state index contributed by atoms with van der Waals surface area (Å²) in [5.41, 5.74) is -0.439. The van der Waals surface area contributed by atoms with Crippen molar-refractivity contribution in [2.24, 2.45) is 0 Å². The van der Waals surface area contributed by atoms with Gasteiger partial charge in [-0.1, -0.05) is 0 Å². The fraction of sp³-hybridized carbons (Fsp3) is 0.154. The molecule has 106 valence electrons.